The van der Waals surface area contributed by atoms with Crippen molar-refractivity contribution in [3.63, 3.8) is 0 Å². The van der Waals surface area contributed by atoms with Crippen LogP contribution in [0.3, 0.4) is 0 Å². The molecule has 0 aromatic heterocycles. The highest BCUT2D eigenvalue weighted by atomic mass is 19.4. The van der Waals surface area contributed by atoms with Crippen LogP contribution in [0.25, 0.3) is 0 Å². The van der Waals surface area contributed by atoms with E-state index in [0.717, 1.165) is 12.1 Å². The highest BCUT2D eigenvalue weighted by Crippen LogP contribution is 2.30. The lowest BCUT2D eigenvalue weighted by Gasteiger charge is -2.19. The highest BCUT2D eigenvalue weighted by Gasteiger charge is 2.30. The number of urea groups is 1. The summed E-state index contributed by atoms with van der Waals surface area (Å²) in [6.07, 6.45) is -4.46. The van der Waals surface area contributed by atoms with E-state index in [-0.39, 0.29) is 18.2 Å². The Kier molecular flexibility index (Phi) is 4.97. The molecular formula is C13H14F3N3O. The van der Waals surface area contributed by atoms with E-state index >= 15 is 0 Å². The Hall–Kier alpha value is -2.23. The minimum Gasteiger partial charge on any atom is -0.326 e. The Balaban J connectivity index is 2.74. The minimum absolute atomic E-state index is 0.0567. The maximum atomic E-state index is 12.5. The molecule has 1 unspecified atom stereocenters. The Morgan fingerprint density at radius 1 is 1.50 bits per heavy atom. The molecule has 4 nitrogen and oxygen atoms in total. The number of halogens is 3. The van der Waals surface area contributed by atoms with Crippen LogP contribution < -0.4 is 5.32 Å². The summed E-state index contributed by atoms with van der Waals surface area (Å²) in [5.41, 5.74) is -0.773. The number of carbonyl (C=O) groups excluding carboxylic acids is 1. The zero-order valence-electron chi connectivity index (χ0n) is 11.0. The summed E-state index contributed by atoms with van der Waals surface area (Å²) in [7, 11) is 1.47. The first kappa shape index (κ1) is 15.8. The number of amides is 2. The first-order chi connectivity index (χ1) is 9.24. The fourth-order valence-corrected chi connectivity index (χ4v) is 1.53. The minimum atomic E-state index is -4.46. The molecule has 0 spiro atoms. The van der Waals surface area contributed by atoms with Gasteiger partial charge in [-0.05, 0) is 25.1 Å². The van der Waals surface area contributed by atoms with Gasteiger partial charge in [0, 0.05) is 19.3 Å². The number of alkyl halides is 3. The number of anilines is 1. The third kappa shape index (κ3) is 4.46. The van der Waals surface area contributed by atoms with E-state index in [1.807, 2.05) is 6.07 Å². The van der Waals surface area contributed by atoms with E-state index in [0.29, 0.717) is 0 Å². The van der Waals surface area contributed by atoms with E-state index in [2.05, 4.69) is 5.32 Å². The fourth-order valence-electron chi connectivity index (χ4n) is 1.53. The number of hydrogen-bond donors (Lipinski definition) is 1. The zero-order chi connectivity index (χ0) is 15.3. The number of carbonyl (C=O) groups is 1. The van der Waals surface area contributed by atoms with E-state index in [1.165, 1.54) is 24.1 Å². The number of nitriles is 1. The molecule has 1 aromatic rings. The summed E-state index contributed by atoms with van der Waals surface area (Å²) in [6, 6.07) is 5.79. The smallest absolute Gasteiger partial charge is 0.326 e. The van der Waals surface area contributed by atoms with Crippen molar-refractivity contribution in [1.29, 1.82) is 5.26 Å². The molecule has 0 aliphatic rings. The summed E-state index contributed by atoms with van der Waals surface area (Å²) in [5, 5.41) is 11.0. The number of hydrogen-bond acceptors (Lipinski definition) is 2. The summed E-state index contributed by atoms with van der Waals surface area (Å²) >= 11 is 0. The third-order valence-electron chi connectivity index (χ3n) is 2.56. The molecule has 20 heavy (non-hydrogen) atoms. The highest BCUT2D eigenvalue weighted by molar-refractivity contribution is 5.89. The Labute approximate surface area is 114 Å². The molecular weight excluding hydrogens is 271 g/mol. The molecule has 0 saturated heterocycles. The lowest BCUT2D eigenvalue weighted by atomic mass is 10.2. The van der Waals surface area contributed by atoms with Gasteiger partial charge < -0.3 is 10.2 Å². The van der Waals surface area contributed by atoms with Crippen molar-refractivity contribution in [2.24, 2.45) is 5.92 Å². The van der Waals surface area contributed by atoms with Gasteiger partial charge in [0.2, 0.25) is 0 Å². The molecule has 108 valence electrons. The van der Waals surface area contributed by atoms with Gasteiger partial charge in [0.15, 0.2) is 0 Å². The van der Waals surface area contributed by atoms with Gasteiger partial charge in [0.1, 0.15) is 0 Å². The molecule has 0 aliphatic heterocycles. The van der Waals surface area contributed by atoms with Crippen LogP contribution in [-0.4, -0.2) is 24.5 Å². The normalized spacial score (nSPS) is 12.4. The third-order valence-corrected chi connectivity index (χ3v) is 2.56. The molecule has 0 heterocycles. The van der Waals surface area contributed by atoms with Crippen molar-refractivity contribution in [1.82, 2.24) is 4.90 Å². The maximum absolute atomic E-state index is 12.5. The van der Waals surface area contributed by atoms with Crippen LogP contribution >= 0.6 is 0 Å². The van der Waals surface area contributed by atoms with Gasteiger partial charge in [-0.15, -0.1) is 0 Å². The lowest BCUT2D eigenvalue weighted by Crippen LogP contribution is -2.34. The van der Waals surface area contributed by atoms with E-state index in [4.69, 9.17) is 5.26 Å². The average molecular weight is 285 g/mol. The summed E-state index contributed by atoms with van der Waals surface area (Å²) < 4.78 is 37.6. The second-order valence-electron chi connectivity index (χ2n) is 4.42. The van der Waals surface area contributed by atoms with Gasteiger partial charge in [0.05, 0.1) is 17.6 Å². The van der Waals surface area contributed by atoms with Gasteiger partial charge >= 0.3 is 12.2 Å². The standard InChI is InChI=1S/C13H14F3N3O/c1-9(7-17)8-19(2)12(20)18-11-5-3-4-10(6-11)13(14,15)16/h3-6,9H,8H2,1-2H3,(H,18,20). The van der Waals surface area contributed by atoms with Crippen molar-refractivity contribution in [2.45, 2.75) is 13.1 Å². The summed E-state index contributed by atoms with van der Waals surface area (Å²) in [6.45, 7) is 1.84. The number of rotatable bonds is 3. The average Bonchev–Trinajstić information content (AvgIpc) is 2.37. The monoisotopic (exact) mass is 285 g/mol. The quantitative estimate of drug-likeness (QED) is 0.926. The predicted molar refractivity (Wildman–Crippen MR) is 67.9 cm³/mol. The van der Waals surface area contributed by atoms with Crippen molar-refractivity contribution < 1.29 is 18.0 Å². The van der Waals surface area contributed by atoms with Crippen LogP contribution in [0.15, 0.2) is 24.3 Å². The Morgan fingerprint density at radius 3 is 2.70 bits per heavy atom. The molecule has 1 aromatic carbocycles. The molecule has 1 N–H and O–H groups in total. The summed E-state index contributed by atoms with van der Waals surface area (Å²) in [5.74, 6) is -0.354. The van der Waals surface area contributed by atoms with Crippen LogP contribution in [0.2, 0.25) is 0 Å². The van der Waals surface area contributed by atoms with Crippen LogP contribution in [0, 0.1) is 17.2 Å². The van der Waals surface area contributed by atoms with Crippen LogP contribution in [0.5, 0.6) is 0 Å². The second-order valence-corrected chi connectivity index (χ2v) is 4.42. The lowest BCUT2D eigenvalue weighted by molar-refractivity contribution is -0.137. The number of benzene rings is 1. The van der Waals surface area contributed by atoms with E-state index in [9.17, 15) is 18.0 Å². The maximum Gasteiger partial charge on any atom is 0.416 e. The molecule has 1 atom stereocenters. The topological polar surface area (TPSA) is 56.1 Å². The predicted octanol–water partition coefficient (Wildman–Crippen LogP) is 3.33. The number of nitrogens with one attached hydrogen (secondary N) is 1. The molecule has 0 radical (unpaired) electrons. The molecule has 0 saturated carbocycles. The first-order valence-electron chi connectivity index (χ1n) is 5.83. The van der Waals surface area contributed by atoms with Crippen LogP contribution in [-0.2, 0) is 6.18 Å². The zero-order valence-corrected chi connectivity index (χ0v) is 11.0. The van der Waals surface area contributed by atoms with E-state index < -0.39 is 17.8 Å². The van der Waals surface area contributed by atoms with Gasteiger partial charge in [-0.2, -0.15) is 18.4 Å². The fraction of sp³-hybridized carbons (Fsp3) is 0.385. The Morgan fingerprint density at radius 2 is 2.15 bits per heavy atom. The van der Waals surface area contributed by atoms with Crippen molar-refractivity contribution in [3.8, 4) is 6.07 Å². The van der Waals surface area contributed by atoms with Crippen molar-refractivity contribution in [2.75, 3.05) is 18.9 Å². The van der Waals surface area contributed by atoms with Crippen LogP contribution in [0.4, 0.5) is 23.7 Å². The number of nitrogens with zero attached hydrogens (tertiary/aromatic N) is 2. The van der Waals surface area contributed by atoms with Gasteiger partial charge in [-0.3, -0.25) is 0 Å². The molecule has 0 fully saturated rings. The Bertz CT molecular complexity index is 522. The SMILES string of the molecule is CC(C#N)CN(C)C(=O)Nc1cccc(C(F)(F)F)c1. The van der Waals surface area contributed by atoms with Crippen molar-refractivity contribution in [3.05, 3.63) is 29.8 Å². The van der Waals surface area contributed by atoms with Gasteiger partial charge in [0.25, 0.3) is 0 Å². The van der Waals surface area contributed by atoms with Gasteiger partial charge in [-0.25, -0.2) is 4.79 Å². The largest absolute Gasteiger partial charge is 0.416 e. The summed E-state index contributed by atoms with van der Waals surface area (Å²) in [4.78, 5) is 13.0. The molecule has 0 aliphatic carbocycles. The molecule has 2 amide bonds. The molecule has 1 rings (SSSR count). The first-order valence-corrected chi connectivity index (χ1v) is 5.83. The van der Waals surface area contributed by atoms with Gasteiger partial charge in [-0.1, -0.05) is 6.07 Å². The van der Waals surface area contributed by atoms with Crippen LogP contribution in [0.1, 0.15) is 12.5 Å². The molecule has 0 bridgehead atoms. The van der Waals surface area contributed by atoms with E-state index in [1.54, 1.807) is 6.92 Å². The van der Waals surface area contributed by atoms with Crippen molar-refractivity contribution >= 4 is 11.7 Å². The molecule has 7 heteroatoms. The second kappa shape index (κ2) is 6.28.